The lowest BCUT2D eigenvalue weighted by molar-refractivity contribution is 0.559. The molecule has 0 aliphatic heterocycles. The fraction of sp³-hybridized carbons (Fsp3) is 0.429. The van der Waals surface area contributed by atoms with E-state index in [2.05, 4.69) is 5.32 Å². The molecule has 0 saturated carbocycles. The van der Waals surface area contributed by atoms with E-state index in [1.54, 1.807) is 12.5 Å². The minimum atomic E-state index is 1.07. The van der Waals surface area contributed by atoms with Gasteiger partial charge in [0.25, 0.3) is 0 Å². The summed E-state index contributed by atoms with van der Waals surface area (Å²) in [6.07, 6.45) is 11.6. The first-order valence-corrected chi connectivity index (χ1v) is 6.18. The molecule has 1 N–H and O–H groups in total. The average molecular weight is 233 g/mol. The molecule has 3 heteroatoms. The Morgan fingerprint density at radius 3 is 1.76 bits per heavy atom. The largest absolute Gasteiger partial charge is 0.472 e. The van der Waals surface area contributed by atoms with E-state index < -0.39 is 0 Å². The molecule has 0 aliphatic carbocycles. The minimum absolute atomic E-state index is 1.07. The third-order valence-corrected chi connectivity index (χ3v) is 2.80. The second-order valence-electron chi connectivity index (χ2n) is 4.22. The zero-order chi connectivity index (χ0) is 11.8. The van der Waals surface area contributed by atoms with Gasteiger partial charge in [-0.05, 0) is 62.0 Å². The van der Waals surface area contributed by atoms with E-state index in [0.29, 0.717) is 0 Å². The lowest BCUT2D eigenvalue weighted by atomic mass is 10.2. The standard InChI is InChI=1S/C14H19NO2/c1(3-13-5-9-16-11-13)7-15-8-2-4-14-6-10-17-12-14/h5-6,9-12,15H,1-4,7-8H2. The molecule has 92 valence electrons. The Morgan fingerprint density at radius 2 is 1.35 bits per heavy atom. The third kappa shape index (κ3) is 4.49. The number of furan rings is 2. The van der Waals surface area contributed by atoms with E-state index in [0.717, 1.165) is 38.8 Å². The summed E-state index contributed by atoms with van der Waals surface area (Å²) in [5.41, 5.74) is 2.57. The predicted molar refractivity (Wildman–Crippen MR) is 66.9 cm³/mol. The van der Waals surface area contributed by atoms with Gasteiger partial charge in [-0.25, -0.2) is 0 Å². The van der Waals surface area contributed by atoms with Crippen molar-refractivity contribution in [2.24, 2.45) is 0 Å². The van der Waals surface area contributed by atoms with Crippen LogP contribution in [-0.4, -0.2) is 13.1 Å². The molecule has 3 nitrogen and oxygen atoms in total. The van der Waals surface area contributed by atoms with Crippen molar-refractivity contribution in [1.29, 1.82) is 0 Å². The molecule has 0 spiro atoms. The molecule has 2 rings (SSSR count). The molecule has 2 aromatic rings. The van der Waals surface area contributed by atoms with E-state index in [1.807, 2.05) is 24.7 Å². The lowest BCUT2D eigenvalue weighted by Gasteiger charge is -2.03. The van der Waals surface area contributed by atoms with Crippen LogP contribution in [0.1, 0.15) is 24.0 Å². The van der Waals surface area contributed by atoms with Crippen LogP contribution in [0.2, 0.25) is 0 Å². The van der Waals surface area contributed by atoms with Crippen LogP contribution in [0.4, 0.5) is 0 Å². The SMILES string of the molecule is c1cc(CCCNCCCc2ccoc2)co1. The Hall–Kier alpha value is -1.48. The molecule has 0 radical (unpaired) electrons. The van der Waals surface area contributed by atoms with Gasteiger partial charge in [0.05, 0.1) is 25.1 Å². The van der Waals surface area contributed by atoms with Crippen LogP contribution in [0.5, 0.6) is 0 Å². The highest BCUT2D eigenvalue weighted by Crippen LogP contribution is 2.04. The van der Waals surface area contributed by atoms with Gasteiger partial charge in [-0.1, -0.05) is 0 Å². The summed E-state index contributed by atoms with van der Waals surface area (Å²) in [5, 5.41) is 3.45. The first kappa shape index (κ1) is 12.0. The van der Waals surface area contributed by atoms with Gasteiger partial charge < -0.3 is 14.2 Å². The maximum absolute atomic E-state index is 5.02. The zero-order valence-electron chi connectivity index (χ0n) is 10.0. The molecule has 0 fully saturated rings. The van der Waals surface area contributed by atoms with Crippen LogP contribution in [-0.2, 0) is 12.8 Å². The van der Waals surface area contributed by atoms with Gasteiger partial charge in [0, 0.05) is 0 Å². The van der Waals surface area contributed by atoms with Crippen molar-refractivity contribution in [3.8, 4) is 0 Å². The molecule has 2 aromatic heterocycles. The molecule has 2 heterocycles. The third-order valence-electron chi connectivity index (χ3n) is 2.80. The van der Waals surface area contributed by atoms with Gasteiger partial charge in [0.2, 0.25) is 0 Å². The molecule has 0 atom stereocenters. The van der Waals surface area contributed by atoms with E-state index in [-0.39, 0.29) is 0 Å². The molecule has 0 aliphatic rings. The number of hydrogen-bond donors (Lipinski definition) is 1. The molecule has 17 heavy (non-hydrogen) atoms. The smallest absolute Gasteiger partial charge is 0.0934 e. The molecular weight excluding hydrogens is 214 g/mol. The highest BCUT2D eigenvalue weighted by atomic mass is 16.3. The first-order valence-electron chi connectivity index (χ1n) is 6.18. The first-order chi connectivity index (χ1) is 8.45. The van der Waals surface area contributed by atoms with Crippen LogP contribution in [0, 0.1) is 0 Å². The minimum Gasteiger partial charge on any atom is -0.472 e. The second kappa shape index (κ2) is 6.97. The highest BCUT2D eigenvalue weighted by molar-refractivity contribution is 5.05. The zero-order valence-corrected chi connectivity index (χ0v) is 10.0. The molecule has 0 aromatic carbocycles. The predicted octanol–water partition coefficient (Wildman–Crippen LogP) is 3.03. The van der Waals surface area contributed by atoms with E-state index in [1.165, 1.54) is 11.1 Å². The van der Waals surface area contributed by atoms with Crippen LogP contribution in [0.25, 0.3) is 0 Å². The Kier molecular flexibility index (Phi) is 4.91. The van der Waals surface area contributed by atoms with Crippen molar-refractivity contribution in [3.05, 3.63) is 48.3 Å². The normalized spacial score (nSPS) is 10.8. The van der Waals surface area contributed by atoms with Crippen LogP contribution >= 0.6 is 0 Å². The van der Waals surface area contributed by atoms with Crippen molar-refractivity contribution in [3.63, 3.8) is 0 Å². The van der Waals surface area contributed by atoms with Crippen LogP contribution in [0.3, 0.4) is 0 Å². The van der Waals surface area contributed by atoms with Gasteiger partial charge in [0.15, 0.2) is 0 Å². The van der Waals surface area contributed by atoms with Crippen molar-refractivity contribution >= 4 is 0 Å². The van der Waals surface area contributed by atoms with Crippen molar-refractivity contribution < 1.29 is 8.83 Å². The summed E-state index contributed by atoms with van der Waals surface area (Å²) < 4.78 is 10.0. The Morgan fingerprint density at radius 1 is 0.824 bits per heavy atom. The summed E-state index contributed by atoms with van der Waals surface area (Å²) >= 11 is 0. The fourth-order valence-corrected chi connectivity index (χ4v) is 1.83. The van der Waals surface area contributed by atoms with E-state index in [4.69, 9.17) is 8.83 Å². The average Bonchev–Trinajstić information content (AvgIpc) is 3.00. The van der Waals surface area contributed by atoms with Gasteiger partial charge in [-0.2, -0.15) is 0 Å². The van der Waals surface area contributed by atoms with Gasteiger partial charge in [-0.15, -0.1) is 0 Å². The highest BCUT2D eigenvalue weighted by Gasteiger charge is 1.96. The Bertz CT molecular complexity index is 340. The quantitative estimate of drug-likeness (QED) is 0.712. The second-order valence-corrected chi connectivity index (χ2v) is 4.22. The monoisotopic (exact) mass is 233 g/mol. The van der Waals surface area contributed by atoms with Crippen LogP contribution < -0.4 is 5.32 Å². The Balaban J connectivity index is 1.44. The summed E-state index contributed by atoms with van der Waals surface area (Å²) in [5.74, 6) is 0. The van der Waals surface area contributed by atoms with E-state index in [9.17, 15) is 0 Å². The fourth-order valence-electron chi connectivity index (χ4n) is 1.83. The maximum atomic E-state index is 5.02. The number of rotatable bonds is 8. The van der Waals surface area contributed by atoms with Crippen LogP contribution in [0.15, 0.2) is 46.0 Å². The topological polar surface area (TPSA) is 38.3 Å². The summed E-state index contributed by atoms with van der Waals surface area (Å²) in [6.45, 7) is 2.13. The number of aryl methyl sites for hydroxylation is 2. The lowest BCUT2D eigenvalue weighted by Crippen LogP contribution is -2.17. The van der Waals surface area contributed by atoms with E-state index >= 15 is 0 Å². The number of hydrogen-bond acceptors (Lipinski definition) is 3. The van der Waals surface area contributed by atoms with Gasteiger partial charge in [0.1, 0.15) is 0 Å². The van der Waals surface area contributed by atoms with Crippen molar-refractivity contribution in [2.75, 3.05) is 13.1 Å². The maximum Gasteiger partial charge on any atom is 0.0934 e. The van der Waals surface area contributed by atoms with Crippen molar-refractivity contribution in [2.45, 2.75) is 25.7 Å². The summed E-state index contributed by atoms with van der Waals surface area (Å²) in [4.78, 5) is 0. The molecule has 0 bridgehead atoms. The van der Waals surface area contributed by atoms with Gasteiger partial charge in [-0.3, -0.25) is 0 Å². The molecule has 0 amide bonds. The number of nitrogens with one attached hydrogen (secondary N) is 1. The summed E-state index contributed by atoms with van der Waals surface area (Å²) in [6, 6.07) is 4.05. The van der Waals surface area contributed by atoms with Crippen molar-refractivity contribution in [1.82, 2.24) is 5.32 Å². The molecular formula is C14H19NO2. The summed E-state index contributed by atoms with van der Waals surface area (Å²) in [7, 11) is 0. The molecule has 0 saturated heterocycles. The molecule has 0 unspecified atom stereocenters. The Labute approximate surface area is 102 Å². The van der Waals surface area contributed by atoms with Gasteiger partial charge >= 0.3 is 0 Å².